The van der Waals surface area contributed by atoms with E-state index in [-0.39, 0.29) is 5.92 Å². The quantitative estimate of drug-likeness (QED) is 0.839. The van der Waals surface area contributed by atoms with Crippen LogP contribution in [0.15, 0.2) is 0 Å². The molecule has 0 saturated carbocycles. The largest absolute Gasteiger partial charge is 0.451 e. The van der Waals surface area contributed by atoms with Gasteiger partial charge in [-0.2, -0.15) is 5.26 Å². The minimum absolute atomic E-state index is 0.0615. The van der Waals surface area contributed by atoms with Crippen molar-refractivity contribution in [2.75, 3.05) is 6.61 Å². The standard InChI is InChI=1S/C14H19N3O3S/c1-8(2)14(5,7-15)17-11(18)6-20-13(19)12-9(3)16-10(4)21-12/h8H,6H2,1-5H3,(H,17,18)/t14-/m1/s1. The molecule has 0 aliphatic rings. The van der Waals surface area contributed by atoms with Crippen LogP contribution in [0.4, 0.5) is 0 Å². The van der Waals surface area contributed by atoms with Gasteiger partial charge in [-0.25, -0.2) is 9.78 Å². The molecule has 1 amide bonds. The van der Waals surface area contributed by atoms with E-state index in [1.165, 1.54) is 11.3 Å². The number of ether oxygens (including phenoxy) is 1. The van der Waals surface area contributed by atoms with Crippen LogP contribution >= 0.6 is 11.3 Å². The maximum Gasteiger partial charge on any atom is 0.350 e. The average Bonchev–Trinajstić information content (AvgIpc) is 2.74. The Kier molecular flexibility index (Phi) is 5.44. The molecule has 0 bridgehead atoms. The Morgan fingerprint density at radius 1 is 1.48 bits per heavy atom. The van der Waals surface area contributed by atoms with Gasteiger partial charge in [-0.1, -0.05) is 13.8 Å². The molecule has 0 fully saturated rings. The smallest absolute Gasteiger partial charge is 0.350 e. The van der Waals surface area contributed by atoms with E-state index in [0.717, 1.165) is 5.01 Å². The summed E-state index contributed by atoms with van der Waals surface area (Å²) in [6.07, 6.45) is 0. The third-order valence-corrected chi connectivity index (χ3v) is 4.26. The number of aryl methyl sites for hydroxylation is 2. The second kappa shape index (κ2) is 6.68. The van der Waals surface area contributed by atoms with Gasteiger partial charge in [0, 0.05) is 0 Å². The number of esters is 1. The Morgan fingerprint density at radius 3 is 2.52 bits per heavy atom. The fourth-order valence-corrected chi connectivity index (χ4v) is 2.36. The number of hydrogen-bond acceptors (Lipinski definition) is 6. The van der Waals surface area contributed by atoms with Gasteiger partial charge in [0.15, 0.2) is 6.61 Å². The topological polar surface area (TPSA) is 92.1 Å². The summed E-state index contributed by atoms with van der Waals surface area (Å²) in [5, 5.41) is 12.5. The van der Waals surface area contributed by atoms with Crippen molar-refractivity contribution in [3.63, 3.8) is 0 Å². The molecule has 1 atom stereocenters. The van der Waals surface area contributed by atoms with Crippen molar-refractivity contribution in [2.45, 2.75) is 40.2 Å². The summed E-state index contributed by atoms with van der Waals surface area (Å²) in [7, 11) is 0. The SMILES string of the molecule is Cc1nc(C)c(C(=O)OCC(=O)N[C@](C)(C#N)C(C)C)s1. The lowest BCUT2D eigenvalue weighted by atomic mass is 9.90. The monoisotopic (exact) mass is 309 g/mol. The maximum absolute atomic E-state index is 11.9. The highest BCUT2D eigenvalue weighted by molar-refractivity contribution is 7.13. The van der Waals surface area contributed by atoms with Crippen LogP contribution in [0, 0.1) is 31.1 Å². The molecule has 1 rings (SSSR count). The Balaban J connectivity index is 2.60. The van der Waals surface area contributed by atoms with Gasteiger partial charge in [-0.3, -0.25) is 4.79 Å². The number of amides is 1. The average molecular weight is 309 g/mol. The number of nitriles is 1. The van der Waals surface area contributed by atoms with E-state index in [1.54, 1.807) is 20.8 Å². The van der Waals surface area contributed by atoms with Crippen molar-refractivity contribution in [3.8, 4) is 6.07 Å². The van der Waals surface area contributed by atoms with Gasteiger partial charge < -0.3 is 10.1 Å². The van der Waals surface area contributed by atoms with Crippen LogP contribution in [0.25, 0.3) is 0 Å². The molecule has 1 aromatic rings. The first-order valence-corrected chi connectivity index (χ1v) is 7.34. The lowest BCUT2D eigenvalue weighted by Gasteiger charge is -2.27. The number of thiazole rings is 1. The van der Waals surface area contributed by atoms with Crippen LogP contribution in [-0.4, -0.2) is 29.0 Å². The van der Waals surface area contributed by atoms with Gasteiger partial charge in [0.1, 0.15) is 10.4 Å². The molecule has 1 heterocycles. The predicted molar refractivity (Wildman–Crippen MR) is 78.9 cm³/mol. The van der Waals surface area contributed by atoms with E-state index in [9.17, 15) is 9.59 Å². The zero-order valence-corrected chi connectivity index (χ0v) is 13.6. The molecule has 0 aliphatic heterocycles. The van der Waals surface area contributed by atoms with Crippen molar-refractivity contribution in [1.29, 1.82) is 5.26 Å². The van der Waals surface area contributed by atoms with E-state index in [1.807, 2.05) is 13.8 Å². The number of aromatic nitrogens is 1. The molecular weight excluding hydrogens is 290 g/mol. The Labute approximate surface area is 128 Å². The lowest BCUT2D eigenvalue weighted by molar-refractivity contribution is -0.125. The maximum atomic E-state index is 11.9. The molecule has 0 saturated heterocycles. The van der Waals surface area contributed by atoms with Gasteiger partial charge in [0.2, 0.25) is 0 Å². The molecule has 0 radical (unpaired) electrons. The zero-order valence-electron chi connectivity index (χ0n) is 12.8. The minimum Gasteiger partial charge on any atom is -0.451 e. The third kappa shape index (κ3) is 4.26. The molecule has 114 valence electrons. The molecule has 6 nitrogen and oxygen atoms in total. The van der Waals surface area contributed by atoms with Crippen molar-refractivity contribution in [2.24, 2.45) is 5.92 Å². The molecule has 0 unspecified atom stereocenters. The number of nitrogens with one attached hydrogen (secondary N) is 1. The van der Waals surface area contributed by atoms with E-state index >= 15 is 0 Å². The highest BCUT2D eigenvalue weighted by Gasteiger charge is 2.30. The first-order chi connectivity index (χ1) is 9.69. The second-order valence-corrected chi connectivity index (χ2v) is 6.44. The van der Waals surface area contributed by atoms with Crippen molar-refractivity contribution in [3.05, 3.63) is 15.6 Å². The lowest BCUT2D eigenvalue weighted by Crippen LogP contribution is -2.50. The molecule has 21 heavy (non-hydrogen) atoms. The first kappa shape index (κ1) is 17.1. The molecule has 7 heteroatoms. The zero-order chi connectivity index (χ0) is 16.2. The molecule has 1 aromatic heterocycles. The van der Waals surface area contributed by atoms with Crippen LogP contribution in [0.3, 0.4) is 0 Å². The van der Waals surface area contributed by atoms with E-state index in [2.05, 4.69) is 16.4 Å². The number of rotatable bonds is 5. The van der Waals surface area contributed by atoms with Gasteiger partial charge >= 0.3 is 5.97 Å². The van der Waals surface area contributed by atoms with Crippen molar-refractivity contribution in [1.82, 2.24) is 10.3 Å². The van der Waals surface area contributed by atoms with Crippen LogP contribution < -0.4 is 5.32 Å². The highest BCUT2D eigenvalue weighted by Crippen LogP contribution is 2.18. The summed E-state index contributed by atoms with van der Waals surface area (Å²) in [6, 6.07) is 2.06. The van der Waals surface area contributed by atoms with Crippen LogP contribution in [0.2, 0.25) is 0 Å². The van der Waals surface area contributed by atoms with Gasteiger partial charge in [0.25, 0.3) is 5.91 Å². The van der Waals surface area contributed by atoms with Crippen molar-refractivity contribution >= 4 is 23.2 Å². The summed E-state index contributed by atoms with van der Waals surface area (Å²) >= 11 is 1.23. The van der Waals surface area contributed by atoms with Crippen LogP contribution in [0.1, 0.15) is 41.1 Å². The number of carbonyl (C=O) groups is 2. The summed E-state index contributed by atoms with van der Waals surface area (Å²) in [6.45, 7) is 8.39. The molecule has 0 aliphatic carbocycles. The van der Waals surface area contributed by atoms with Gasteiger partial charge in [-0.15, -0.1) is 11.3 Å². The normalized spacial score (nSPS) is 13.4. The fraction of sp³-hybridized carbons (Fsp3) is 0.571. The first-order valence-electron chi connectivity index (χ1n) is 6.53. The third-order valence-electron chi connectivity index (χ3n) is 3.21. The van der Waals surface area contributed by atoms with E-state index in [4.69, 9.17) is 10.00 Å². The van der Waals surface area contributed by atoms with Crippen molar-refractivity contribution < 1.29 is 14.3 Å². The predicted octanol–water partition coefficient (Wildman–Crippen LogP) is 1.97. The van der Waals surface area contributed by atoms with Crippen LogP contribution in [-0.2, 0) is 9.53 Å². The Bertz CT molecular complexity index is 589. The van der Waals surface area contributed by atoms with E-state index in [0.29, 0.717) is 10.6 Å². The van der Waals surface area contributed by atoms with Gasteiger partial charge in [0.05, 0.1) is 16.8 Å². The fourth-order valence-electron chi connectivity index (χ4n) is 1.54. The summed E-state index contributed by atoms with van der Waals surface area (Å²) in [5.41, 5.74) is -0.396. The van der Waals surface area contributed by atoms with Gasteiger partial charge in [-0.05, 0) is 26.7 Å². The van der Waals surface area contributed by atoms with E-state index < -0.39 is 24.0 Å². The number of hydrogen-bond donors (Lipinski definition) is 1. The second-order valence-electron chi connectivity index (χ2n) is 5.24. The molecular formula is C14H19N3O3S. The molecule has 1 N–H and O–H groups in total. The highest BCUT2D eigenvalue weighted by atomic mass is 32.1. The molecule has 0 aromatic carbocycles. The van der Waals surface area contributed by atoms with Crippen LogP contribution in [0.5, 0.6) is 0 Å². The summed E-state index contributed by atoms with van der Waals surface area (Å²) in [5.74, 6) is -1.13. The number of nitrogens with zero attached hydrogens (tertiary/aromatic N) is 2. The number of carbonyl (C=O) groups excluding carboxylic acids is 2. The summed E-state index contributed by atoms with van der Waals surface area (Å²) < 4.78 is 4.96. The Hall–Kier alpha value is -1.94. The minimum atomic E-state index is -0.986. The summed E-state index contributed by atoms with van der Waals surface area (Å²) in [4.78, 5) is 28.2. The molecule has 0 spiro atoms. The Morgan fingerprint density at radius 2 is 2.10 bits per heavy atom.